The molecule has 170 valence electrons. The van der Waals surface area contributed by atoms with Crippen LogP contribution in [-0.2, 0) is 11.2 Å². The van der Waals surface area contributed by atoms with Gasteiger partial charge in [0.25, 0.3) is 5.92 Å². The number of carbonyl (C=O) groups excluding carboxylic acids is 1. The van der Waals surface area contributed by atoms with E-state index in [0.29, 0.717) is 25.8 Å². The molecule has 1 fully saturated rings. The van der Waals surface area contributed by atoms with Gasteiger partial charge in [-0.3, -0.25) is 4.79 Å². The maximum atomic E-state index is 14.5. The largest absolute Gasteiger partial charge is 0.508 e. The number of carbonyl (C=O) groups is 1. The minimum atomic E-state index is -2.82. The summed E-state index contributed by atoms with van der Waals surface area (Å²) in [6.45, 7) is 3.38. The highest BCUT2D eigenvalue weighted by atomic mass is 32.1. The molecular weight excluding hydrogens is 418 g/mol. The average Bonchev–Trinajstić information content (AvgIpc) is 3.40. The molecule has 0 bridgehead atoms. The second-order valence-corrected chi connectivity index (χ2v) is 10.4. The molecule has 4 nitrogen and oxygen atoms in total. The minimum Gasteiger partial charge on any atom is -0.508 e. The van der Waals surface area contributed by atoms with Crippen LogP contribution in [0.2, 0.25) is 0 Å². The highest BCUT2D eigenvalue weighted by Crippen LogP contribution is 2.66. The summed E-state index contributed by atoms with van der Waals surface area (Å²) >= 11 is 1.51. The SMILES string of the molecule is Cc1ccc([C@H](CC(=O)NC[C@H](Cc2ccc(O)cc2)N(C)C)C2(C(C)(F)F)CC2)s1. The van der Waals surface area contributed by atoms with E-state index in [4.69, 9.17) is 0 Å². The van der Waals surface area contributed by atoms with Crippen LogP contribution >= 0.6 is 11.3 Å². The number of phenols is 1. The number of nitrogens with zero attached hydrogens (tertiary/aromatic N) is 1. The van der Waals surface area contributed by atoms with Crippen molar-refractivity contribution >= 4 is 17.2 Å². The Morgan fingerprint density at radius 2 is 1.87 bits per heavy atom. The number of amides is 1. The van der Waals surface area contributed by atoms with Gasteiger partial charge in [-0.25, -0.2) is 8.78 Å². The zero-order chi connectivity index (χ0) is 22.8. The van der Waals surface area contributed by atoms with E-state index in [1.807, 2.05) is 50.2 Å². The van der Waals surface area contributed by atoms with Crippen LogP contribution < -0.4 is 5.32 Å². The molecule has 0 saturated heterocycles. The van der Waals surface area contributed by atoms with Gasteiger partial charge < -0.3 is 15.3 Å². The Bertz CT molecular complexity index is 886. The van der Waals surface area contributed by atoms with Gasteiger partial charge in [0.05, 0.1) is 0 Å². The second-order valence-electron chi connectivity index (χ2n) is 9.04. The third kappa shape index (κ3) is 5.63. The molecule has 0 unspecified atom stereocenters. The van der Waals surface area contributed by atoms with Crippen LogP contribution in [0.25, 0.3) is 0 Å². The molecule has 1 saturated carbocycles. The second kappa shape index (κ2) is 9.25. The summed E-state index contributed by atoms with van der Waals surface area (Å²) < 4.78 is 29.0. The lowest BCUT2D eigenvalue weighted by Crippen LogP contribution is -2.42. The smallest absolute Gasteiger partial charge is 0.251 e. The highest BCUT2D eigenvalue weighted by molar-refractivity contribution is 7.12. The van der Waals surface area contributed by atoms with Gasteiger partial charge in [0.15, 0.2) is 0 Å². The predicted molar refractivity (Wildman–Crippen MR) is 121 cm³/mol. The molecule has 0 spiro atoms. The van der Waals surface area contributed by atoms with Crippen LogP contribution in [0.4, 0.5) is 8.78 Å². The standard InChI is InChI=1S/C24H32F2N2O2S/c1-16-5-10-21(31-16)20(24(11-12-24)23(2,25)26)14-22(30)27-15-18(28(3)4)13-17-6-8-19(29)9-7-17/h5-10,18,20,29H,11-15H2,1-4H3,(H,27,30)/t18-,20-/m0/s1. The molecule has 1 aliphatic carbocycles. The molecule has 1 aliphatic rings. The van der Waals surface area contributed by atoms with Crippen molar-refractivity contribution in [2.24, 2.45) is 5.41 Å². The van der Waals surface area contributed by atoms with E-state index in [2.05, 4.69) is 5.32 Å². The summed E-state index contributed by atoms with van der Waals surface area (Å²) in [6, 6.07) is 10.9. The maximum absolute atomic E-state index is 14.5. The molecule has 1 aromatic heterocycles. The van der Waals surface area contributed by atoms with Gasteiger partial charge >= 0.3 is 0 Å². The topological polar surface area (TPSA) is 52.6 Å². The van der Waals surface area contributed by atoms with Gasteiger partial charge in [-0.05, 0) is 77.0 Å². The fraction of sp³-hybridized carbons (Fsp3) is 0.542. The number of likely N-dealkylation sites (N-methyl/N-ethyl adjacent to an activating group) is 1. The van der Waals surface area contributed by atoms with Crippen molar-refractivity contribution < 1.29 is 18.7 Å². The molecule has 0 aliphatic heterocycles. The fourth-order valence-electron chi connectivity index (χ4n) is 4.27. The molecular formula is C24H32F2N2O2S. The molecule has 2 aromatic rings. The van der Waals surface area contributed by atoms with Crippen LogP contribution in [0.1, 0.15) is 47.4 Å². The molecule has 1 aromatic carbocycles. The predicted octanol–water partition coefficient (Wildman–Crippen LogP) is 4.96. The van der Waals surface area contributed by atoms with E-state index < -0.39 is 17.3 Å². The van der Waals surface area contributed by atoms with Crippen molar-refractivity contribution in [3.05, 3.63) is 51.7 Å². The van der Waals surface area contributed by atoms with Crippen molar-refractivity contribution in [2.45, 2.75) is 57.4 Å². The fourth-order valence-corrected chi connectivity index (χ4v) is 5.36. The molecule has 1 heterocycles. The summed E-state index contributed by atoms with van der Waals surface area (Å²) in [5.74, 6) is -3.26. The first-order chi connectivity index (χ1) is 14.5. The lowest BCUT2D eigenvalue weighted by molar-refractivity contribution is -0.123. The highest BCUT2D eigenvalue weighted by Gasteiger charge is 2.63. The summed E-state index contributed by atoms with van der Waals surface area (Å²) in [5.41, 5.74) is -0.0607. The molecule has 2 N–H and O–H groups in total. The number of aromatic hydroxyl groups is 1. The number of rotatable bonds is 10. The van der Waals surface area contributed by atoms with Crippen molar-refractivity contribution in [1.82, 2.24) is 10.2 Å². The van der Waals surface area contributed by atoms with Crippen LogP contribution in [0, 0.1) is 12.3 Å². The molecule has 0 radical (unpaired) electrons. The van der Waals surface area contributed by atoms with Crippen LogP contribution in [0.15, 0.2) is 36.4 Å². The number of halogens is 2. The van der Waals surface area contributed by atoms with Crippen molar-refractivity contribution in [2.75, 3.05) is 20.6 Å². The Hall–Kier alpha value is -1.99. The van der Waals surface area contributed by atoms with Gasteiger partial charge in [0.2, 0.25) is 5.91 Å². The lowest BCUT2D eigenvalue weighted by atomic mass is 9.80. The lowest BCUT2D eigenvalue weighted by Gasteiger charge is -2.31. The third-order valence-corrected chi connectivity index (χ3v) is 7.61. The molecule has 1 amide bonds. The van der Waals surface area contributed by atoms with Gasteiger partial charge in [0, 0.05) is 40.1 Å². The Morgan fingerprint density at radius 3 is 2.35 bits per heavy atom. The number of hydrogen-bond acceptors (Lipinski definition) is 4. The summed E-state index contributed by atoms with van der Waals surface area (Å²) in [5, 5.41) is 12.4. The summed E-state index contributed by atoms with van der Waals surface area (Å²) in [4.78, 5) is 16.8. The minimum absolute atomic E-state index is 0.0541. The number of alkyl halides is 2. The third-order valence-electron chi connectivity index (χ3n) is 6.50. The van der Waals surface area contributed by atoms with Gasteiger partial charge in [0.1, 0.15) is 5.75 Å². The van der Waals surface area contributed by atoms with E-state index in [-0.39, 0.29) is 24.1 Å². The average molecular weight is 451 g/mol. The van der Waals surface area contributed by atoms with E-state index in [0.717, 1.165) is 22.2 Å². The van der Waals surface area contributed by atoms with Crippen molar-refractivity contribution in [3.8, 4) is 5.75 Å². The number of thiophene rings is 1. The Kier molecular flexibility index (Phi) is 7.06. The van der Waals surface area contributed by atoms with Crippen molar-refractivity contribution in [1.29, 1.82) is 0 Å². The first kappa shape index (κ1) is 23.7. The number of benzene rings is 1. The van der Waals surface area contributed by atoms with Crippen molar-refractivity contribution in [3.63, 3.8) is 0 Å². The van der Waals surface area contributed by atoms with E-state index >= 15 is 0 Å². The Balaban J connectivity index is 1.67. The van der Waals surface area contributed by atoms with Gasteiger partial charge in [-0.1, -0.05) is 12.1 Å². The van der Waals surface area contributed by atoms with Crippen LogP contribution in [0.3, 0.4) is 0 Å². The monoisotopic (exact) mass is 450 g/mol. The number of hydrogen-bond donors (Lipinski definition) is 2. The number of phenolic OH excluding ortho intramolecular Hbond substituents is 1. The molecule has 31 heavy (non-hydrogen) atoms. The molecule has 3 rings (SSSR count). The number of nitrogens with one attached hydrogen (secondary N) is 1. The first-order valence-electron chi connectivity index (χ1n) is 10.7. The van der Waals surface area contributed by atoms with E-state index in [9.17, 15) is 18.7 Å². The summed E-state index contributed by atoms with van der Waals surface area (Å²) in [6.07, 6.45) is 1.68. The first-order valence-corrected chi connectivity index (χ1v) is 11.5. The molecule has 2 atom stereocenters. The van der Waals surface area contributed by atoms with Crippen LogP contribution in [-0.4, -0.2) is 48.5 Å². The van der Waals surface area contributed by atoms with E-state index in [1.165, 1.54) is 11.3 Å². The number of aryl methyl sites for hydroxylation is 1. The quantitative estimate of drug-likeness (QED) is 0.538. The Labute approximate surface area is 187 Å². The normalized spacial score (nSPS) is 17.4. The van der Waals surface area contributed by atoms with E-state index in [1.54, 1.807) is 12.1 Å². The molecule has 7 heteroatoms. The van der Waals surface area contributed by atoms with Gasteiger partial charge in [-0.15, -0.1) is 11.3 Å². The Morgan fingerprint density at radius 1 is 1.23 bits per heavy atom. The zero-order valence-corrected chi connectivity index (χ0v) is 19.4. The van der Waals surface area contributed by atoms with Gasteiger partial charge in [-0.2, -0.15) is 0 Å². The van der Waals surface area contributed by atoms with Crippen LogP contribution in [0.5, 0.6) is 5.75 Å². The zero-order valence-electron chi connectivity index (χ0n) is 18.6. The maximum Gasteiger partial charge on any atom is 0.251 e. The summed E-state index contributed by atoms with van der Waals surface area (Å²) in [7, 11) is 3.90.